The molecule has 0 saturated carbocycles. The summed E-state index contributed by atoms with van der Waals surface area (Å²) in [5.74, 6) is 0. The van der Waals surface area contributed by atoms with Crippen molar-refractivity contribution in [1.82, 2.24) is 14.5 Å². The van der Waals surface area contributed by atoms with E-state index in [1.54, 1.807) is 0 Å². The molecular formula is C14H11Cl2N3S. The van der Waals surface area contributed by atoms with Gasteiger partial charge in [0.2, 0.25) is 0 Å². The molecule has 1 N–H and O–H groups in total. The van der Waals surface area contributed by atoms with E-state index in [-0.39, 0.29) is 0 Å². The highest BCUT2D eigenvalue weighted by Gasteiger charge is 2.13. The van der Waals surface area contributed by atoms with Gasteiger partial charge in [0, 0.05) is 10.7 Å². The van der Waals surface area contributed by atoms with Crippen molar-refractivity contribution in [3.05, 3.63) is 50.3 Å². The van der Waals surface area contributed by atoms with Crippen molar-refractivity contribution >= 4 is 46.6 Å². The van der Waals surface area contributed by atoms with E-state index in [0.717, 1.165) is 28.1 Å². The van der Waals surface area contributed by atoms with Gasteiger partial charge in [0.1, 0.15) is 0 Å². The van der Waals surface area contributed by atoms with Crippen LogP contribution in [0.25, 0.3) is 16.9 Å². The van der Waals surface area contributed by atoms with Crippen LogP contribution in [0.5, 0.6) is 0 Å². The number of benzene rings is 1. The Bertz CT molecular complexity index is 880. The molecule has 0 aliphatic rings. The van der Waals surface area contributed by atoms with Gasteiger partial charge < -0.3 is 4.98 Å². The number of halogens is 2. The van der Waals surface area contributed by atoms with E-state index in [2.05, 4.69) is 9.97 Å². The number of aromatic nitrogens is 3. The summed E-state index contributed by atoms with van der Waals surface area (Å²) >= 11 is 17.9. The van der Waals surface area contributed by atoms with Crippen LogP contribution in [0, 0.1) is 18.6 Å². The number of imidazole rings is 1. The Kier molecular flexibility index (Phi) is 3.32. The molecule has 0 fully saturated rings. The molecule has 3 aromatic rings. The molecule has 0 atom stereocenters. The predicted octanol–water partition coefficient (Wildman–Crippen LogP) is 5.01. The third-order valence-electron chi connectivity index (χ3n) is 3.14. The molecular weight excluding hydrogens is 313 g/mol. The van der Waals surface area contributed by atoms with E-state index in [1.165, 1.54) is 0 Å². The maximum atomic E-state index is 6.34. The van der Waals surface area contributed by atoms with Gasteiger partial charge in [-0.05, 0) is 55.9 Å². The molecule has 0 saturated heterocycles. The first-order valence-electron chi connectivity index (χ1n) is 6.02. The molecule has 0 amide bonds. The van der Waals surface area contributed by atoms with Gasteiger partial charge >= 0.3 is 0 Å². The summed E-state index contributed by atoms with van der Waals surface area (Å²) in [6.45, 7) is 3.85. The zero-order chi connectivity index (χ0) is 14.4. The number of fused-ring (bicyclic) bond motifs is 1. The van der Waals surface area contributed by atoms with Gasteiger partial charge in [-0.15, -0.1) is 0 Å². The fourth-order valence-electron chi connectivity index (χ4n) is 2.11. The third kappa shape index (κ3) is 2.14. The van der Waals surface area contributed by atoms with Gasteiger partial charge in [0.05, 0.1) is 16.2 Å². The molecule has 102 valence electrons. The lowest BCUT2D eigenvalue weighted by atomic mass is 10.2. The fraction of sp³-hybridized carbons (Fsp3) is 0.143. The summed E-state index contributed by atoms with van der Waals surface area (Å²) in [6.07, 6.45) is 0. The zero-order valence-electron chi connectivity index (χ0n) is 10.9. The van der Waals surface area contributed by atoms with Crippen LogP contribution in [-0.2, 0) is 0 Å². The Morgan fingerprint density at radius 1 is 1.15 bits per heavy atom. The second-order valence-corrected chi connectivity index (χ2v) is 5.84. The van der Waals surface area contributed by atoms with Gasteiger partial charge in [0.15, 0.2) is 10.4 Å². The fourth-order valence-corrected chi connectivity index (χ4v) is 2.86. The Morgan fingerprint density at radius 2 is 1.90 bits per heavy atom. The number of aryl methyl sites for hydroxylation is 2. The summed E-state index contributed by atoms with van der Waals surface area (Å²) in [5, 5.41) is 1.24. The molecule has 2 heterocycles. The van der Waals surface area contributed by atoms with Crippen LogP contribution in [0.4, 0.5) is 0 Å². The molecule has 0 aliphatic heterocycles. The number of hydrogen-bond donors (Lipinski definition) is 1. The van der Waals surface area contributed by atoms with Crippen LogP contribution in [0.1, 0.15) is 11.3 Å². The quantitative estimate of drug-likeness (QED) is 0.639. The van der Waals surface area contributed by atoms with Gasteiger partial charge in [-0.2, -0.15) is 0 Å². The summed E-state index contributed by atoms with van der Waals surface area (Å²) in [7, 11) is 0. The molecule has 0 aliphatic carbocycles. The minimum atomic E-state index is 0.542. The maximum absolute atomic E-state index is 6.34. The van der Waals surface area contributed by atoms with Crippen molar-refractivity contribution in [1.29, 1.82) is 0 Å². The van der Waals surface area contributed by atoms with Crippen LogP contribution in [0.2, 0.25) is 10.0 Å². The number of hydrogen-bond acceptors (Lipinski definition) is 2. The molecule has 2 aromatic heterocycles. The number of rotatable bonds is 1. The molecule has 3 rings (SSSR count). The average Bonchev–Trinajstić information content (AvgIpc) is 2.69. The largest absolute Gasteiger partial charge is 0.329 e. The molecule has 1 aromatic carbocycles. The van der Waals surface area contributed by atoms with E-state index in [0.29, 0.717) is 14.8 Å². The zero-order valence-corrected chi connectivity index (χ0v) is 13.2. The third-order valence-corrected chi connectivity index (χ3v) is 4.13. The van der Waals surface area contributed by atoms with Crippen LogP contribution >= 0.6 is 35.4 Å². The van der Waals surface area contributed by atoms with E-state index in [1.807, 2.05) is 42.7 Å². The van der Waals surface area contributed by atoms with Crippen LogP contribution in [0.3, 0.4) is 0 Å². The highest BCUT2D eigenvalue weighted by molar-refractivity contribution is 7.71. The van der Waals surface area contributed by atoms with Gasteiger partial charge in [0.25, 0.3) is 0 Å². The van der Waals surface area contributed by atoms with Crippen molar-refractivity contribution in [2.45, 2.75) is 13.8 Å². The first-order chi connectivity index (χ1) is 9.47. The highest BCUT2D eigenvalue weighted by Crippen LogP contribution is 2.30. The first-order valence-corrected chi connectivity index (χ1v) is 7.18. The number of H-pyrrole nitrogens is 1. The second kappa shape index (κ2) is 4.88. The lowest BCUT2D eigenvalue weighted by molar-refractivity contribution is 1.03. The minimum Gasteiger partial charge on any atom is -0.329 e. The topological polar surface area (TPSA) is 33.6 Å². The normalized spacial score (nSPS) is 11.2. The average molecular weight is 324 g/mol. The molecule has 3 nitrogen and oxygen atoms in total. The highest BCUT2D eigenvalue weighted by atomic mass is 35.5. The van der Waals surface area contributed by atoms with Gasteiger partial charge in [-0.3, -0.25) is 4.57 Å². The SMILES string of the molecule is Cc1ccc2[nH]c(=S)n(-c3cc(Cl)c(C)cc3Cl)c2n1. The number of aromatic amines is 1. The standard InChI is InChI=1S/C14H11Cl2N3S/c1-7-5-10(16)12(6-9(7)15)19-13-11(18-14(19)20)4-3-8(2)17-13/h3-6H,1-2H3,(H,18,20). The smallest absolute Gasteiger partial charge is 0.184 e. The number of nitrogens with one attached hydrogen (secondary N) is 1. The summed E-state index contributed by atoms with van der Waals surface area (Å²) in [6, 6.07) is 7.53. The van der Waals surface area contributed by atoms with Crippen molar-refractivity contribution in [3.8, 4) is 5.69 Å². The Labute approximate surface area is 131 Å². The molecule has 0 spiro atoms. The maximum Gasteiger partial charge on any atom is 0.184 e. The lowest BCUT2D eigenvalue weighted by Crippen LogP contribution is -1.98. The van der Waals surface area contributed by atoms with E-state index in [9.17, 15) is 0 Å². The van der Waals surface area contributed by atoms with E-state index in [4.69, 9.17) is 35.4 Å². The number of pyridine rings is 1. The molecule has 0 unspecified atom stereocenters. The van der Waals surface area contributed by atoms with Crippen molar-refractivity contribution < 1.29 is 0 Å². The number of nitrogens with zero attached hydrogens (tertiary/aromatic N) is 2. The predicted molar refractivity (Wildman–Crippen MR) is 85.7 cm³/mol. The summed E-state index contributed by atoms with van der Waals surface area (Å²) < 4.78 is 2.35. The minimum absolute atomic E-state index is 0.542. The molecule has 0 bridgehead atoms. The van der Waals surface area contributed by atoms with Gasteiger partial charge in [-0.25, -0.2) is 4.98 Å². The second-order valence-electron chi connectivity index (χ2n) is 4.64. The Hall–Kier alpha value is -1.36. The Morgan fingerprint density at radius 3 is 2.65 bits per heavy atom. The van der Waals surface area contributed by atoms with Crippen molar-refractivity contribution in [3.63, 3.8) is 0 Å². The molecule has 0 radical (unpaired) electrons. The van der Waals surface area contributed by atoms with Crippen LogP contribution in [0.15, 0.2) is 24.3 Å². The van der Waals surface area contributed by atoms with Gasteiger partial charge in [-0.1, -0.05) is 23.2 Å². The molecule has 20 heavy (non-hydrogen) atoms. The monoisotopic (exact) mass is 323 g/mol. The lowest BCUT2D eigenvalue weighted by Gasteiger charge is -2.09. The van der Waals surface area contributed by atoms with E-state index >= 15 is 0 Å². The van der Waals surface area contributed by atoms with Crippen molar-refractivity contribution in [2.24, 2.45) is 0 Å². The van der Waals surface area contributed by atoms with E-state index < -0.39 is 0 Å². The van der Waals surface area contributed by atoms with Crippen LogP contribution in [-0.4, -0.2) is 14.5 Å². The summed E-state index contributed by atoms with van der Waals surface area (Å²) in [4.78, 5) is 7.66. The first kappa shape index (κ1) is 13.6. The molecule has 6 heteroatoms. The van der Waals surface area contributed by atoms with Crippen LogP contribution < -0.4 is 0 Å². The summed E-state index contributed by atoms with van der Waals surface area (Å²) in [5.41, 5.74) is 4.19. The Balaban J connectivity index is 2.40. The van der Waals surface area contributed by atoms with Crippen molar-refractivity contribution in [2.75, 3.05) is 0 Å².